The quantitative estimate of drug-likeness (QED) is 0.469. The summed E-state index contributed by atoms with van der Waals surface area (Å²) >= 11 is 0. The number of primary amides is 1. The number of carbonyl (C=O) groups is 4. The number of phenolic OH excluding ortho intramolecular Hbond substituents is 1. The highest BCUT2D eigenvalue weighted by Crippen LogP contribution is 2.51. The molecule has 0 aromatic heterocycles. The molecule has 3 aliphatic rings. The molecule has 3 aliphatic carbocycles. The van der Waals surface area contributed by atoms with Crippen LogP contribution in [-0.4, -0.2) is 44.1 Å². The van der Waals surface area contributed by atoms with E-state index in [1.54, 1.807) is 0 Å². The Hall–Kier alpha value is -3.46. The summed E-state index contributed by atoms with van der Waals surface area (Å²) in [5.41, 5.74) is 7.17. The van der Waals surface area contributed by atoms with E-state index in [-0.39, 0.29) is 55.5 Å². The number of aliphatic hydroxyl groups is 2. The van der Waals surface area contributed by atoms with E-state index in [0.29, 0.717) is 31.2 Å². The fourth-order valence-corrected chi connectivity index (χ4v) is 5.66. The number of benzene rings is 1. The summed E-state index contributed by atoms with van der Waals surface area (Å²) in [5, 5.41) is 32.8. The molecule has 3 unspecified atom stereocenters. The molecular weight excluding hydrogens is 442 g/mol. The van der Waals surface area contributed by atoms with Crippen molar-refractivity contribution in [3.8, 4) is 5.75 Å². The maximum Gasteiger partial charge on any atom is 0.255 e. The molecule has 9 nitrogen and oxygen atoms in total. The van der Waals surface area contributed by atoms with Crippen LogP contribution in [0.3, 0.4) is 0 Å². The SMILES string of the molecule is CCc1cc(CCC(C)=O)c(O)c2c1CC1CC3CC(=O)C(C(N)=O)=C(O)C3C(=O)C1=C2O.O.[HH].[HH]. The zero-order valence-corrected chi connectivity index (χ0v) is 19.1. The largest absolute Gasteiger partial charge is 0.511 e. The Balaban J connectivity index is 0.00000216. The summed E-state index contributed by atoms with van der Waals surface area (Å²) in [4.78, 5) is 49.0. The van der Waals surface area contributed by atoms with Gasteiger partial charge in [-0.2, -0.15) is 0 Å². The van der Waals surface area contributed by atoms with Gasteiger partial charge in [0.05, 0.1) is 11.5 Å². The summed E-state index contributed by atoms with van der Waals surface area (Å²) in [6.45, 7) is 3.42. The Morgan fingerprint density at radius 2 is 1.82 bits per heavy atom. The Kier molecular flexibility index (Phi) is 6.71. The summed E-state index contributed by atoms with van der Waals surface area (Å²) in [6, 6.07) is 1.85. The molecule has 7 N–H and O–H groups in total. The lowest BCUT2D eigenvalue weighted by molar-refractivity contribution is -0.127. The van der Waals surface area contributed by atoms with Gasteiger partial charge in [0.2, 0.25) is 0 Å². The van der Waals surface area contributed by atoms with E-state index >= 15 is 0 Å². The molecule has 1 aromatic rings. The molecule has 186 valence electrons. The van der Waals surface area contributed by atoms with Gasteiger partial charge in [0.1, 0.15) is 28.6 Å². The van der Waals surface area contributed by atoms with Gasteiger partial charge in [-0.1, -0.05) is 13.0 Å². The van der Waals surface area contributed by atoms with Crippen molar-refractivity contribution in [1.82, 2.24) is 0 Å². The van der Waals surface area contributed by atoms with Crippen molar-refractivity contribution < 1.29 is 42.8 Å². The fraction of sp³-hybridized carbons (Fsp3) is 0.440. The minimum absolute atomic E-state index is 0. The first-order chi connectivity index (χ1) is 15.6. The second kappa shape index (κ2) is 9.06. The Morgan fingerprint density at radius 1 is 1.15 bits per heavy atom. The van der Waals surface area contributed by atoms with E-state index in [2.05, 4.69) is 0 Å². The molecule has 4 rings (SSSR count). The molecule has 1 saturated carbocycles. The second-order valence-electron chi connectivity index (χ2n) is 9.21. The number of nitrogens with two attached hydrogens (primary N) is 1. The van der Waals surface area contributed by atoms with E-state index in [0.717, 1.165) is 11.1 Å². The predicted octanol–water partition coefficient (Wildman–Crippen LogP) is 2.06. The van der Waals surface area contributed by atoms with Crippen molar-refractivity contribution in [2.75, 3.05) is 0 Å². The van der Waals surface area contributed by atoms with Crippen LogP contribution in [0.2, 0.25) is 0 Å². The van der Waals surface area contributed by atoms with Gasteiger partial charge >= 0.3 is 0 Å². The number of Topliss-reactive ketones (excluding diaryl/α,β-unsaturated/α-hetero) is 3. The van der Waals surface area contributed by atoms with Crippen LogP contribution >= 0.6 is 0 Å². The van der Waals surface area contributed by atoms with E-state index in [9.17, 15) is 34.5 Å². The third-order valence-electron chi connectivity index (χ3n) is 7.19. The molecule has 1 fully saturated rings. The number of rotatable bonds is 5. The highest BCUT2D eigenvalue weighted by Gasteiger charge is 2.51. The molecule has 0 radical (unpaired) electrons. The van der Waals surface area contributed by atoms with Gasteiger partial charge in [-0.25, -0.2) is 0 Å². The lowest BCUT2D eigenvalue weighted by Gasteiger charge is -2.41. The zero-order chi connectivity index (χ0) is 24.2. The number of amides is 1. The molecule has 0 heterocycles. The average molecular weight is 476 g/mol. The summed E-state index contributed by atoms with van der Waals surface area (Å²) < 4.78 is 0. The minimum Gasteiger partial charge on any atom is -0.511 e. The number of aliphatic hydroxyl groups excluding tert-OH is 2. The van der Waals surface area contributed by atoms with Crippen molar-refractivity contribution >= 4 is 29.0 Å². The third kappa shape index (κ3) is 3.79. The number of fused-ring (bicyclic) bond motifs is 3. The number of hydrogen-bond donors (Lipinski definition) is 4. The summed E-state index contributed by atoms with van der Waals surface area (Å²) in [6.07, 6.45) is 1.86. The smallest absolute Gasteiger partial charge is 0.255 e. The van der Waals surface area contributed by atoms with Gasteiger partial charge in [0.25, 0.3) is 5.91 Å². The number of carbonyl (C=O) groups excluding carboxylic acids is 4. The monoisotopic (exact) mass is 475 g/mol. The molecule has 1 aromatic carbocycles. The number of allylic oxidation sites excluding steroid dienone is 2. The molecule has 34 heavy (non-hydrogen) atoms. The van der Waals surface area contributed by atoms with Gasteiger partial charge in [0.15, 0.2) is 11.6 Å². The molecule has 0 aliphatic heterocycles. The summed E-state index contributed by atoms with van der Waals surface area (Å²) in [7, 11) is 0. The first-order valence-corrected chi connectivity index (χ1v) is 11.2. The van der Waals surface area contributed by atoms with Gasteiger partial charge in [0, 0.05) is 21.3 Å². The normalized spacial score (nSPS) is 23.6. The van der Waals surface area contributed by atoms with Crippen molar-refractivity contribution in [2.24, 2.45) is 23.5 Å². The van der Waals surface area contributed by atoms with Crippen LogP contribution in [0.15, 0.2) is 23.0 Å². The van der Waals surface area contributed by atoms with Crippen molar-refractivity contribution in [2.45, 2.75) is 52.4 Å². The Labute approximate surface area is 199 Å². The second-order valence-corrected chi connectivity index (χ2v) is 9.21. The topological polar surface area (TPSA) is 186 Å². The first-order valence-electron chi connectivity index (χ1n) is 11.2. The molecule has 0 spiro atoms. The Morgan fingerprint density at radius 3 is 2.41 bits per heavy atom. The molecular formula is C25H33NO8. The highest BCUT2D eigenvalue weighted by molar-refractivity contribution is 6.21. The van der Waals surface area contributed by atoms with Gasteiger partial charge < -0.3 is 31.3 Å². The van der Waals surface area contributed by atoms with Gasteiger partial charge in [-0.3, -0.25) is 14.4 Å². The highest BCUT2D eigenvalue weighted by atomic mass is 16.3. The van der Waals surface area contributed by atoms with Crippen LogP contribution in [0.4, 0.5) is 0 Å². The first kappa shape index (κ1) is 25.2. The maximum atomic E-state index is 13.5. The molecule has 0 bridgehead atoms. The summed E-state index contributed by atoms with van der Waals surface area (Å²) in [5.74, 6) is -5.39. The lowest BCUT2D eigenvalue weighted by Crippen LogP contribution is -2.44. The molecule has 0 saturated heterocycles. The van der Waals surface area contributed by atoms with E-state index in [1.165, 1.54) is 6.92 Å². The van der Waals surface area contributed by atoms with Crippen molar-refractivity contribution in [3.63, 3.8) is 0 Å². The third-order valence-corrected chi connectivity index (χ3v) is 7.19. The van der Waals surface area contributed by atoms with Crippen LogP contribution in [-0.2, 0) is 38.4 Å². The van der Waals surface area contributed by atoms with Crippen molar-refractivity contribution in [1.29, 1.82) is 0 Å². The van der Waals surface area contributed by atoms with Crippen LogP contribution in [0.5, 0.6) is 5.75 Å². The van der Waals surface area contributed by atoms with E-state index in [4.69, 9.17) is 5.73 Å². The van der Waals surface area contributed by atoms with Crippen LogP contribution < -0.4 is 5.73 Å². The number of ketones is 3. The average Bonchev–Trinajstić information content (AvgIpc) is 2.72. The van der Waals surface area contributed by atoms with Crippen LogP contribution in [0, 0.1) is 17.8 Å². The molecule has 9 heteroatoms. The standard InChI is InChI=1S/C25H27NO7.H2O.2H2/c1-3-11-6-12(5-4-10(2)27)21(29)19-15(11)8-13-7-14-9-16(28)20(25(26)33)24(32)18(14)22(30)17(13)23(19)31;;;/h6,13-14,18,29,31-32H,3-5,7-9H2,1-2H3,(H2,26,33);1H2;2*1H. The number of hydrogen-bond acceptors (Lipinski definition) is 7. The van der Waals surface area contributed by atoms with E-state index < -0.39 is 40.6 Å². The Bertz CT molecular complexity index is 1190. The van der Waals surface area contributed by atoms with Gasteiger partial charge in [-0.05, 0) is 61.1 Å². The maximum absolute atomic E-state index is 13.5. The van der Waals surface area contributed by atoms with E-state index in [1.807, 2.05) is 13.0 Å². The predicted molar refractivity (Wildman–Crippen MR) is 126 cm³/mol. The molecule has 1 amide bonds. The fourth-order valence-electron chi connectivity index (χ4n) is 5.66. The van der Waals surface area contributed by atoms with Crippen LogP contribution in [0.25, 0.3) is 5.76 Å². The van der Waals surface area contributed by atoms with Crippen molar-refractivity contribution in [3.05, 3.63) is 45.2 Å². The molecule has 3 atom stereocenters. The van der Waals surface area contributed by atoms with Gasteiger partial charge in [-0.15, -0.1) is 0 Å². The minimum atomic E-state index is -1.13. The lowest BCUT2D eigenvalue weighted by atomic mass is 9.61. The zero-order valence-electron chi connectivity index (χ0n) is 19.1. The number of phenols is 1. The van der Waals surface area contributed by atoms with Crippen LogP contribution in [0.1, 0.15) is 58.2 Å². The number of aromatic hydroxyl groups is 1. The number of aryl methyl sites for hydroxylation is 2.